The summed E-state index contributed by atoms with van der Waals surface area (Å²) in [6.45, 7) is 9.01. The third kappa shape index (κ3) is 2.32. The molecule has 2 rings (SSSR count). The lowest BCUT2D eigenvalue weighted by Crippen LogP contribution is -2.51. The van der Waals surface area contributed by atoms with Crippen molar-refractivity contribution < 1.29 is 4.74 Å². The van der Waals surface area contributed by atoms with Crippen molar-refractivity contribution in [2.75, 3.05) is 24.5 Å². The lowest BCUT2D eigenvalue weighted by Gasteiger charge is -2.44. The molecule has 0 aliphatic carbocycles. The highest BCUT2D eigenvalue weighted by atomic mass is 16.5. The van der Waals surface area contributed by atoms with Crippen molar-refractivity contribution in [3.63, 3.8) is 0 Å². The summed E-state index contributed by atoms with van der Waals surface area (Å²) in [6, 6.07) is 6.42. The Morgan fingerprint density at radius 1 is 1.33 bits per heavy atom. The van der Waals surface area contributed by atoms with E-state index in [1.807, 2.05) is 0 Å². The number of nitrogens with zero attached hydrogens (tertiary/aromatic N) is 1. The topological polar surface area (TPSA) is 38.5 Å². The maximum absolute atomic E-state index is 6.29. The van der Waals surface area contributed by atoms with Gasteiger partial charge in [-0.25, -0.2) is 0 Å². The van der Waals surface area contributed by atoms with Crippen molar-refractivity contribution in [3.8, 4) is 5.75 Å². The Kier molecular flexibility index (Phi) is 3.81. The predicted octanol–water partition coefficient (Wildman–Crippen LogP) is 2.71. The van der Waals surface area contributed by atoms with E-state index in [0.717, 1.165) is 31.7 Å². The number of ether oxygens (including phenoxy) is 1. The van der Waals surface area contributed by atoms with Gasteiger partial charge in [-0.1, -0.05) is 19.9 Å². The highest BCUT2D eigenvalue weighted by Crippen LogP contribution is 2.39. The molecule has 0 atom stereocenters. The second kappa shape index (κ2) is 5.19. The molecule has 1 aliphatic rings. The summed E-state index contributed by atoms with van der Waals surface area (Å²) < 4.78 is 6.29. The molecule has 3 nitrogen and oxygen atoms in total. The van der Waals surface area contributed by atoms with Crippen LogP contribution in [-0.4, -0.2) is 25.2 Å². The van der Waals surface area contributed by atoms with Gasteiger partial charge in [0.2, 0.25) is 0 Å². The van der Waals surface area contributed by atoms with Gasteiger partial charge in [0.1, 0.15) is 11.4 Å². The molecule has 100 valence electrons. The fourth-order valence-corrected chi connectivity index (χ4v) is 2.64. The average Bonchev–Trinajstić information content (AvgIpc) is 2.38. The van der Waals surface area contributed by atoms with Gasteiger partial charge in [0.25, 0.3) is 0 Å². The molecule has 0 fully saturated rings. The lowest BCUT2D eigenvalue weighted by molar-refractivity contribution is 0.0576. The Hall–Kier alpha value is -1.22. The first kappa shape index (κ1) is 13.2. The lowest BCUT2D eigenvalue weighted by atomic mass is 9.93. The van der Waals surface area contributed by atoms with E-state index < -0.39 is 0 Å². The van der Waals surface area contributed by atoms with Crippen molar-refractivity contribution in [1.82, 2.24) is 0 Å². The number of hydrogen-bond acceptors (Lipinski definition) is 3. The van der Waals surface area contributed by atoms with Gasteiger partial charge in [0, 0.05) is 13.1 Å². The summed E-state index contributed by atoms with van der Waals surface area (Å²) in [6.07, 6.45) is 2.05. The maximum Gasteiger partial charge on any atom is 0.143 e. The first-order chi connectivity index (χ1) is 8.64. The second-order valence-electron chi connectivity index (χ2n) is 5.17. The minimum atomic E-state index is -0.0596. The van der Waals surface area contributed by atoms with E-state index in [4.69, 9.17) is 10.5 Å². The number of fused-ring (bicyclic) bond motifs is 1. The van der Waals surface area contributed by atoms with E-state index >= 15 is 0 Å². The molecule has 18 heavy (non-hydrogen) atoms. The molecule has 1 aliphatic heterocycles. The Balaban J connectivity index is 2.39. The molecule has 1 aromatic carbocycles. The summed E-state index contributed by atoms with van der Waals surface area (Å²) in [5.74, 6) is 1.01. The fraction of sp³-hybridized carbons (Fsp3) is 0.600. The van der Waals surface area contributed by atoms with E-state index in [-0.39, 0.29) is 5.60 Å². The molecule has 0 aromatic heterocycles. The molecule has 0 saturated carbocycles. The summed E-state index contributed by atoms with van der Waals surface area (Å²) in [5, 5.41) is 0. The van der Waals surface area contributed by atoms with Gasteiger partial charge in [-0.15, -0.1) is 0 Å². The highest BCUT2D eigenvalue weighted by molar-refractivity contribution is 5.62. The molecule has 1 heterocycles. The summed E-state index contributed by atoms with van der Waals surface area (Å²) in [4.78, 5) is 2.37. The number of hydrogen-bond donors (Lipinski definition) is 1. The molecule has 3 heteroatoms. The van der Waals surface area contributed by atoms with Crippen molar-refractivity contribution in [3.05, 3.63) is 23.8 Å². The van der Waals surface area contributed by atoms with Gasteiger partial charge in [-0.2, -0.15) is 0 Å². The molecule has 0 bridgehead atoms. The number of aryl methyl sites for hydroxylation is 1. The van der Waals surface area contributed by atoms with E-state index in [1.165, 1.54) is 11.3 Å². The highest BCUT2D eigenvalue weighted by Gasteiger charge is 2.36. The van der Waals surface area contributed by atoms with Crippen molar-refractivity contribution in [2.45, 2.75) is 39.2 Å². The average molecular weight is 248 g/mol. The first-order valence-electron chi connectivity index (χ1n) is 6.89. The van der Waals surface area contributed by atoms with Gasteiger partial charge in [0.15, 0.2) is 0 Å². The molecule has 0 amide bonds. The van der Waals surface area contributed by atoms with Crippen LogP contribution in [0.25, 0.3) is 0 Å². The second-order valence-corrected chi connectivity index (χ2v) is 5.17. The van der Waals surface area contributed by atoms with Crippen LogP contribution < -0.4 is 15.4 Å². The predicted molar refractivity (Wildman–Crippen MR) is 76.4 cm³/mol. The Morgan fingerprint density at radius 3 is 2.67 bits per heavy atom. The van der Waals surface area contributed by atoms with Gasteiger partial charge in [-0.05, 0) is 37.5 Å². The van der Waals surface area contributed by atoms with Crippen LogP contribution in [0, 0.1) is 6.92 Å². The third-order valence-corrected chi connectivity index (χ3v) is 3.95. The molecule has 0 spiro atoms. The smallest absolute Gasteiger partial charge is 0.143 e. The number of nitrogens with two attached hydrogens (primary N) is 1. The molecular formula is C15H24N2O. The summed E-state index contributed by atoms with van der Waals surface area (Å²) in [5.41, 5.74) is 8.10. The molecular weight excluding hydrogens is 224 g/mol. The van der Waals surface area contributed by atoms with Gasteiger partial charge >= 0.3 is 0 Å². The van der Waals surface area contributed by atoms with E-state index in [2.05, 4.69) is 43.9 Å². The summed E-state index contributed by atoms with van der Waals surface area (Å²) in [7, 11) is 0. The number of benzene rings is 1. The third-order valence-electron chi connectivity index (χ3n) is 3.95. The number of rotatable bonds is 4. The molecule has 0 unspecified atom stereocenters. The van der Waals surface area contributed by atoms with Crippen LogP contribution in [0.4, 0.5) is 5.69 Å². The minimum Gasteiger partial charge on any atom is -0.483 e. The molecule has 0 radical (unpaired) electrons. The Bertz CT molecular complexity index is 413. The van der Waals surface area contributed by atoms with E-state index in [0.29, 0.717) is 6.54 Å². The van der Waals surface area contributed by atoms with Crippen LogP contribution in [-0.2, 0) is 0 Å². The normalized spacial score (nSPS) is 17.2. The molecule has 2 N–H and O–H groups in total. The van der Waals surface area contributed by atoms with E-state index in [1.54, 1.807) is 0 Å². The fourth-order valence-electron chi connectivity index (χ4n) is 2.64. The Labute approximate surface area is 110 Å². The SMILES string of the molecule is CCC1(CC)CN(CCN)c2ccc(C)cc2O1. The van der Waals surface area contributed by atoms with Crippen molar-refractivity contribution >= 4 is 5.69 Å². The van der Waals surface area contributed by atoms with Gasteiger partial charge in [-0.3, -0.25) is 0 Å². The zero-order chi connectivity index (χ0) is 13.2. The monoisotopic (exact) mass is 248 g/mol. The van der Waals surface area contributed by atoms with Crippen LogP contribution >= 0.6 is 0 Å². The van der Waals surface area contributed by atoms with Crippen molar-refractivity contribution in [2.24, 2.45) is 5.73 Å². The van der Waals surface area contributed by atoms with Gasteiger partial charge < -0.3 is 15.4 Å². The van der Waals surface area contributed by atoms with Crippen LogP contribution in [0.5, 0.6) is 5.75 Å². The molecule has 1 aromatic rings. The largest absolute Gasteiger partial charge is 0.483 e. The first-order valence-corrected chi connectivity index (χ1v) is 6.89. The van der Waals surface area contributed by atoms with Crippen LogP contribution in [0.3, 0.4) is 0 Å². The van der Waals surface area contributed by atoms with E-state index in [9.17, 15) is 0 Å². The summed E-state index contributed by atoms with van der Waals surface area (Å²) >= 11 is 0. The quantitative estimate of drug-likeness (QED) is 0.890. The minimum absolute atomic E-state index is 0.0596. The van der Waals surface area contributed by atoms with Crippen LogP contribution in [0.15, 0.2) is 18.2 Å². The zero-order valence-corrected chi connectivity index (χ0v) is 11.7. The zero-order valence-electron chi connectivity index (χ0n) is 11.7. The standard InChI is InChI=1S/C15H24N2O/c1-4-15(5-2)11-17(9-8-16)13-7-6-12(3)10-14(13)18-15/h6-7,10H,4-5,8-9,11,16H2,1-3H3. The maximum atomic E-state index is 6.29. The molecule has 0 saturated heterocycles. The van der Waals surface area contributed by atoms with Crippen LogP contribution in [0.1, 0.15) is 32.3 Å². The van der Waals surface area contributed by atoms with Crippen molar-refractivity contribution in [1.29, 1.82) is 0 Å². The number of anilines is 1. The van der Waals surface area contributed by atoms with Crippen LogP contribution in [0.2, 0.25) is 0 Å². The van der Waals surface area contributed by atoms with Gasteiger partial charge in [0.05, 0.1) is 12.2 Å². The Morgan fingerprint density at radius 2 is 2.06 bits per heavy atom.